The minimum atomic E-state index is -0.409. The molecule has 0 atom stereocenters. The van der Waals surface area contributed by atoms with Crippen LogP contribution < -0.4 is 4.90 Å². The molecule has 120 valence electrons. The van der Waals surface area contributed by atoms with Crippen LogP contribution in [0.3, 0.4) is 0 Å². The number of anilines is 1. The van der Waals surface area contributed by atoms with Crippen molar-refractivity contribution in [3.05, 3.63) is 30.6 Å². The molecule has 0 amide bonds. The van der Waals surface area contributed by atoms with Crippen LogP contribution in [0.1, 0.15) is 12.8 Å². The Hall–Kier alpha value is -2.21. The van der Waals surface area contributed by atoms with Gasteiger partial charge in [-0.05, 0) is 31.0 Å². The predicted octanol–water partition coefficient (Wildman–Crippen LogP) is 3.07. The fourth-order valence-corrected chi connectivity index (χ4v) is 3.25. The van der Waals surface area contributed by atoms with Crippen molar-refractivity contribution < 1.29 is 9.13 Å². The number of nitrogens with one attached hydrogen (secondary N) is 1. The van der Waals surface area contributed by atoms with Crippen LogP contribution in [-0.2, 0) is 4.74 Å². The Morgan fingerprint density at radius 3 is 2.91 bits per heavy atom. The van der Waals surface area contributed by atoms with Gasteiger partial charge in [-0.1, -0.05) is 0 Å². The number of hydrogen-bond acceptors (Lipinski definition) is 4. The third-order valence-electron chi connectivity index (χ3n) is 4.44. The first kappa shape index (κ1) is 14.4. The molecule has 1 aliphatic heterocycles. The fraction of sp³-hybridized carbons (Fsp3) is 0.412. The molecule has 3 aromatic heterocycles. The molecule has 4 heterocycles. The highest BCUT2D eigenvalue weighted by molar-refractivity contribution is 6.05. The van der Waals surface area contributed by atoms with E-state index in [0.29, 0.717) is 0 Å². The molecule has 1 N–H and O–H groups in total. The van der Waals surface area contributed by atoms with Crippen LogP contribution in [0, 0.1) is 0 Å². The van der Waals surface area contributed by atoms with E-state index in [4.69, 9.17) is 9.72 Å². The van der Waals surface area contributed by atoms with Gasteiger partial charge in [0.2, 0.25) is 0 Å². The van der Waals surface area contributed by atoms with E-state index in [2.05, 4.69) is 27.0 Å². The second-order valence-electron chi connectivity index (χ2n) is 5.86. The molecule has 1 saturated heterocycles. The highest BCUT2D eigenvalue weighted by Crippen LogP contribution is 2.27. The summed E-state index contributed by atoms with van der Waals surface area (Å²) in [7, 11) is 0. The third-order valence-corrected chi connectivity index (χ3v) is 4.44. The van der Waals surface area contributed by atoms with E-state index in [-0.39, 0.29) is 12.7 Å². The largest absolute Gasteiger partial charge is 0.375 e. The third kappa shape index (κ3) is 2.74. The zero-order valence-corrected chi connectivity index (χ0v) is 12.8. The van der Waals surface area contributed by atoms with Gasteiger partial charge in [-0.15, -0.1) is 0 Å². The Morgan fingerprint density at radius 1 is 1.22 bits per heavy atom. The Bertz CT molecular complexity index is 811. The van der Waals surface area contributed by atoms with Crippen LogP contribution in [0.4, 0.5) is 10.2 Å². The van der Waals surface area contributed by atoms with Crippen LogP contribution in [0.2, 0.25) is 0 Å². The van der Waals surface area contributed by atoms with E-state index in [1.807, 2.05) is 12.3 Å². The highest BCUT2D eigenvalue weighted by Gasteiger charge is 2.21. The highest BCUT2D eigenvalue weighted by atomic mass is 18.2. The van der Waals surface area contributed by atoms with Gasteiger partial charge < -0.3 is 14.6 Å². The molecule has 0 aliphatic carbocycles. The summed E-state index contributed by atoms with van der Waals surface area (Å²) < 4.78 is 17.7. The van der Waals surface area contributed by atoms with Crippen LogP contribution in [0.25, 0.3) is 21.9 Å². The predicted molar refractivity (Wildman–Crippen MR) is 88.6 cm³/mol. The molecule has 23 heavy (non-hydrogen) atoms. The number of H-pyrrole nitrogens is 1. The molecule has 3 aromatic rings. The summed E-state index contributed by atoms with van der Waals surface area (Å²) in [5, 5.41) is 2.19. The standard InChI is InChI=1S/C17H19FN4O/c18-6-10-23-12-4-8-22(9-5-12)16-2-1-13-14-11-19-7-3-15(14)20-17(13)21-16/h1-3,7,11-12H,4-6,8-10H2,(H,20,21)/i18-1. The molecule has 5 nitrogen and oxygen atoms in total. The summed E-state index contributed by atoms with van der Waals surface area (Å²) in [6.45, 7) is 1.57. The normalized spacial score (nSPS) is 16.5. The molecule has 1 aliphatic rings. The van der Waals surface area contributed by atoms with E-state index >= 15 is 0 Å². The number of fused-ring (bicyclic) bond motifs is 3. The van der Waals surface area contributed by atoms with Crippen molar-refractivity contribution >= 4 is 27.8 Å². The van der Waals surface area contributed by atoms with E-state index in [1.165, 1.54) is 0 Å². The molecule has 0 aromatic carbocycles. The number of ether oxygens (including phenoxy) is 1. The molecular weight excluding hydrogens is 294 g/mol. The summed E-state index contributed by atoms with van der Waals surface area (Å²) in [4.78, 5) is 14.6. The van der Waals surface area contributed by atoms with E-state index < -0.39 is 6.67 Å². The first-order valence-electron chi connectivity index (χ1n) is 8.00. The molecule has 4 rings (SSSR count). The lowest BCUT2D eigenvalue weighted by atomic mass is 10.1. The van der Waals surface area contributed by atoms with Gasteiger partial charge >= 0.3 is 0 Å². The van der Waals surface area contributed by atoms with Crippen LogP contribution in [0.5, 0.6) is 0 Å². The second-order valence-corrected chi connectivity index (χ2v) is 5.86. The monoisotopic (exact) mass is 313 g/mol. The SMILES string of the molecule is [18F]CCOC1CCN(c2ccc3c(n2)[nH]c2ccncc23)CC1. The Balaban J connectivity index is 1.54. The lowest BCUT2D eigenvalue weighted by Crippen LogP contribution is -2.37. The van der Waals surface area contributed by atoms with Gasteiger partial charge in [0.25, 0.3) is 0 Å². The number of alkyl halides is 1. The molecular formula is C17H19FN4O. The van der Waals surface area contributed by atoms with Crippen molar-refractivity contribution in [3.63, 3.8) is 0 Å². The Morgan fingerprint density at radius 2 is 2.09 bits per heavy atom. The lowest BCUT2D eigenvalue weighted by Gasteiger charge is -2.32. The number of hydrogen-bond donors (Lipinski definition) is 1. The number of halogens is 1. The summed E-state index contributed by atoms with van der Waals surface area (Å²) in [6.07, 6.45) is 5.64. The fourth-order valence-electron chi connectivity index (χ4n) is 3.25. The van der Waals surface area contributed by atoms with Crippen molar-refractivity contribution in [1.29, 1.82) is 0 Å². The Labute approximate surface area is 133 Å². The number of aromatic amines is 1. The second kappa shape index (κ2) is 6.12. The molecule has 0 spiro atoms. The number of rotatable bonds is 4. The summed E-state index contributed by atoms with van der Waals surface area (Å²) >= 11 is 0. The summed E-state index contributed by atoms with van der Waals surface area (Å²) in [5.41, 5.74) is 1.94. The van der Waals surface area contributed by atoms with Crippen molar-refractivity contribution in [2.45, 2.75) is 18.9 Å². The minimum absolute atomic E-state index is 0.171. The average Bonchev–Trinajstić information content (AvgIpc) is 2.98. The van der Waals surface area contributed by atoms with Crippen LogP contribution >= 0.6 is 0 Å². The maximum absolute atomic E-state index is 12.2. The van der Waals surface area contributed by atoms with Crippen molar-refractivity contribution in [3.8, 4) is 0 Å². The molecule has 0 radical (unpaired) electrons. The van der Waals surface area contributed by atoms with Crippen LogP contribution in [-0.4, -0.2) is 47.4 Å². The van der Waals surface area contributed by atoms with Crippen molar-refractivity contribution in [2.24, 2.45) is 0 Å². The van der Waals surface area contributed by atoms with Gasteiger partial charge in [-0.25, -0.2) is 9.37 Å². The maximum Gasteiger partial charge on any atom is 0.140 e. The van der Waals surface area contributed by atoms with Gasteiger partial charge in [0, 0.05) is 36.3 Å². The zero-order chi connectivity index (χ0) is 15.6. The van der Waals surface area contributed by atoms with Crippen molar-refractivity contribution in [2.75, 3.05) is 31.3 Å². The first-order valence-corrected chi connectivity index (χ1v) is 8.00. The van der Waals surface area contributed by atoms with Gasteiger partial charge in [-0.2, -0.15) is 0 Å². The van der Waals surface area contributed by atoms with E-state index in [1.54, 1.807) is 6.20 Å². The summed E-state index contributed by atoms with van der Waals surface area (Å²) in [5.74, 6) is 0.973. The molecule has 0 saturated carbocycles. The minimum Gasteiger partial charge on any atom is -0.375 e. The van der Waals surface area contributed by atoms with E-state index in [0.717, 1.165) is 53.7 Å². The van der Waals surface area contributed by atoms with E-state index in [9.17, 15) is 4.39 Å². The number of piperidine rings is 1. The van der Waals surface area contributed by atoms with Crippen molar-refractivity contribution in [1.82, 2.24) is 15.0 Å². The molecule has 6 heteroatoms. The van der Waals surface area contributed by atoms with Gasteiger partial charge in [0.15, 0.2) is 0 Å². The first-order chi connectivity index (χ1) is 11.3. The molecule has 0 unspecified atom stereocenters. The molecule has 1 fully saturated rings. The number of aromatic nitrogens is 3. The Kier molecular flexibility index (Phi) is 3.83. The lowest BCUT2D eigenvalue weighted by molar-refractivity contribution is 0.0293. The number of pyridine rings is 2. The maximum atomic E-state index is 12.2. The number of nitrogens with zero attached hydrogens (tertiary/aromatic N) is 3. The topological polar surface area (TPSA) is 54.0 Å². The van der Waals surface area contributed by atoms with Gasteiger partial charge in [-0.3, -0.25) is 4.98 Å². The van der Waals surface area contributed by atoms with Gasteiger partial charge in [0.05, 0.1) is 18.2 Å². The van der Waals surface area contributed by atoms with Gasteiger partial charge in [0.1, 0.15) is 18.1 Å². The molecule has 0 bridgehead atoms. The quantitative estimate of drug-likeness (QED) is 0.804. The average molecular weight is 313 g/mol. The van der Waals surface area contributed by atoms with Crippen LogP contribution in [0.15, 0.2) is 30.6 Å². The smallest absolute Gasteiger partial charge is 0.140 e. The zero-order valence-electron chi connectivity index (χ0n) is 12.8. The summed E-state index contributed by atoms with van der Waals surface area (Å²) in [6, 6.07) is 6.12.